The molecule has 1 aromatic rings. The summed E-state index contributed by atoms with van der Waals surface area (Å²) >= 11 is 6.12. The average Bonchev–Trinajstić information content (AvgIpc) is 2.28. The van der Waals surface area contributed by atoms with Crippen molar-refractivity contribution in [3.05, 3.63) is 22.7 Å². The van der Waals surface area contributed by atoms with E-state index in [2.05, 4.69) is 6.92 Å². The smallest absolute Gasteiger partial charge is 0.141 e. The van der Waals surface area contributed by atoms with E-state index in [4.69, 9.17) is 26.8 Å². The minimum atomic E-state index is 0.299. The molecule has 1 aromatic carbocycles. The van der Waals surface area contributed by atoms with Crippen molar-refractivity contribution in [2.45, 2.75) is 19.3 Å². The van der Waals surface area contributed by atoms with Gasteiger partial charge in [-0.25, -0.2) is 0 Å². The lowest BCUT2D eigenvalue weighted by molar-refractivity contribution is 0.395. The Kier molecular flexibility index (Phi) is 4.90. The Morgan fingerprint density at radius 2 is 2.00 bits per heavy atom. The summed E-state index contributed by atoms with van der Waals surface area (Å²) in [5.41, 5.74) is 6.60. The first-order valence-corrected chi connectivity index (χ1v) is 5.63. The molecule has 4 heteroatoms. The van der Waals surface area contributed by atoms with Gasteiger partial charge in [0.25, 0.3) is 0 Å². The highest BCUT2D eigenvalue weighted by molar-refractivity contribution is 6.32. The summed E-state index contributed by atoms with van der Waals surface area (Å²) in [4.78, 5) is 0. The van der Waals surface area contributed by atoms with Gasteiger partial charge in [-0.1, -0.05) is 18.5 Å². The second-order valence-electron chi connectivity index (χ2n) is 3.71. The third-order valence-corrected chi connectivity index (χ3v) is 2.90. The molecule has 1 rings (SSSR count). The van der Waals surface area contributed by atoms with Crippen LogP contribution in [0.2, 0.25) is 5.02 Å². The predicted molar refractivity (Wildman–Crippen MR) is 66.6 cm³/mol. The number of nitrogens with two attached hydrogens (primary N) is 1. The van der Waals surface area contributed by atoms with Crippen molar-refractivity contribution < 1.29 is 9.47 Å². The fourth-order valence-electron chi connectivity index (χ4n) is 1.69. The predicted octanol–water partition coefficient (Wildman–Crippen LogP) is 2.81. The number of hydrogen-bond donors (Lipinski definition) is 1. The molecule has 0 saturated heterocycles. The molecule has 90 valence electrons. The topological polar surface area (TPSA) is 44.5 Å². The maximum absolute atomic E-state index is 6.12. The fourth-order valence-corrected chi connectivity index (χ4v) is 1.99. The summed E-state index contributed by atoms with van der Waals surface area (Å²) in [6.07, 6.45) is 0.889. The molecule has 0 bridgehead atoms. The van der Waals surface area contributed by atoms with Crippen molar-refractivity contribution in [1.29, 1.82) is 0 Å². The average molecular weight is 244 g/mol. The van der Waals surface area contributed by atoms with Gasteiger partial charge in [0.15, 0.2) is 0 Å². The first-order valence-electron chi connectivity index (χ1n) is 5.25. The summed E-state index contributed by atoms with van der Waals surface area (Å²) in [6, 6.07) is 3.70. The molecule has 1 atom stereocenters. The van der Waals surface area contributed by atoms with Crippen LogP contribution in [0.4, 0.5) is 0 Å². The lowest BCUT2D eigenvalue weighted by Crippen LogP contribution is -2.06. The molecule has 0 aliphatic heterocycles. The SMILES string of the molecule is COc1cc(Cl)c(OC)c(C(C)CCN)c1. The van der Waals surface area contributed by atoms with Crippen LogP contribution in [-0.4, -0.2) is 20.8 Å². The van der Waals surface area contributed by atoms with Crippen molar-refractivity contribution in [3.63, 3.8) is 0 Å². The van der Waals surface area contributed by atoms with Crippen molar-refractivity contribution in [2.75, 3.05) is 20.8 Å². The zero-order valence-corrected chi connectivity index (χ0v) is 10.7. The quantitative estimate of drug-likeness (QED) is 0.865. The van der Waals surface area contributed by atoms with Crippen LogP contribution in [0.5, 0.6) is 11.5 Å². The lowest BCUT2D eigenvalue weighted by atomic mass is 9.96. The number of halogens is 1. The molecule has 0 aliphatic carbocycles. The third kappa shape index (κ3) is 2.80. The van der Waals surface area contributed by atoms with Gasteiger partial charge in [0, 0.05) is 11.6 Å². The van der Waals surface area contributed by atoms with E-state index >= 15 is 0 Å². The van der Waals surface area contributed by atoms with Crippen LogP contribution in [0, 0.1) is 0 Å². The van der Waals surface area contributed by atoms with Crippen LogP contribution in [0.3, 0.4) is 0 Å². The van der Waals surface area contributed by atoms with Crippen LogP contribution >= 0.6 is 11.6 Å². The highest BCUT2D eigenvalue weighted by atomic mass is 35.5. The minimum Gasteiger partial charge on any atom is -0.497 e. The van der Waals surface area contributed by atoms with Crippen LogP contribution in [0.1, 0.15) is 24.8 Å². The second-order valence-corrected chi connectivity index (χ2v) is 4.12. The van der Waals surface area contributed by atoms with Gasteiger partial charge < -0.3 is 15.2 Å². The second kappa shape index (κ2) is 5.97. The summed E-state index contributed by atoms with van der Waals surface area (Å²) in [7, 11) is 3.24. The van der Waals surface area contributed by atoms with Crippen molar-refractivity contribution in [2.24, 2.45) is 5.73 Å². The molecule has 0 spiro atoms. The van der Waals surface area contributed by atoms with Crippen LogP contribution < -0.4 is 15.2 Å². The maximum Gasteiger partial charge on any atom is 0.141 e. The molecular weight excluding hydrogens is 226 g/mol. The van der Waals surface area contributed by atoms with Crippen molar-refractivity contribution in [3.8, 4) is 11.5 Å². The van der Waals surface area contributed by atoms with Crippen molar-refractivity contribution >= 4 is 11.6 Å². The number of hydrogen-bond acceptors (Lipinski definition) is 3. The van der Waals surface area contributed by atoms with E-state index < -0.39 is 0 Å². The Morgan fingerprint density at radius 3 is 2.50 bits per heavy atom. The Labute approximate surface area is 101 Å². The van der Waals surface area contributed by atoms with Gasteiger partial charge in [0.1, 0.15) is 11.5 Å². The van der Waals surface area contributed by atoms with E-state index in [0.717, 1.165) is 17.7 Å². The number of benzene rings is 1. The zero-order valence-electron chi connectivity index (χ0n) is 9.92. The summed E-state index contributed by atoms with van der Waals surface area (Å²) < 4.78 is 10.5. The summed E-state index contributed by atoms with van der Waals surface area (Å²) in [6.45, 7) is 2.74. The van der Waals surface area contributed by atoms with Crippen LogP contribution in [0.25, 0.3) is 0 Å². The van der Waals surface area contributed by atoms with E-state index in [1.807, 2.05) is 6.07 Å². The van der Waals surface area contributed by atoms with Gasteiger partial charge in [-0.05, 0) is 24.9 Å². The van der Waals surface area contributed by atoms with Gasteiger partial charge in [-0.3, -0.25) is 0 Å². The highest BCUT2D eigenvalue weighted by Crippen LogP contribution is 2.38. The van der Waals surface area contributed by atoms with Gasteiger partial charge in [-0.15, -0.1) is 0 Å². The summed E-state index contributed by atoms with van der Waals surface area (Å²) in [5, 5.41) is 0.570. The van der Waals surface area contributed by atoms with Gasteiger partial charge in [-0.2, -0.15) is 0 Å². The minimum absolute atomic E-state index is 0.299. The molecule has 0 fully saturated rings. The Balaban J connectivity index is 3.16. The van der Waals surface area contributed by atoms with E-state index in [1.165, 1.54) is 0 Å². The van der Waals surface area contributed by atoms with E-state index in [9.17, 15) is 0 Å². The first kappa shape index (κ1) is 13.1. The molecule has 16 heavy (non-hydrogen) atoms. The lowest BCUT2D eigenvalue weighted by Gasteiger charge is -2.17. The van der Waals surface area contributed by atoms with Gasteiger partial charge in [0.05, 0.1) is 19.2 Å². The number of rotatable bonds is 5. The number of methoxy groups -OCH3 is 2. The monoisotopic (exact) mass is 243 g/mol. The third-order valence-electron chi connectivity index (χ3n) is 2.62. The van der Waals surface area contributed by atoms with Crippen molar-refractivity contribution in [1.82, 2.24) is 0 Å². The normalized spacial score (nSPS) is 12.3. The highest BCUT2D eigenvalue weighted by Gasteiger charge is 2.15. The van der Waals surface area contributed by atoms with Crippen LogP contribution in [-0.2, 0) is 0 Å². The molecule has 0 amide bonds. The Hall–Kier alpha value is -0.930. The zero-order chi connectivity index (χ0) is 12.1. The molecule has 1 unspecified atom stereocenters. The number of ether oxygens (including phenoxy) is 2. The molecule has 3 nitrogen and oxygen atoms in total. The molecule has 0 heterocycles. The van der Waals surface area contributed by atoms with E-state index in [1.54, 1.807) is 20.3 Å². The Bertz CT molecular complexity index is 355. The summed E-state index contributed by atoms with van der Waals surface area (Å²) in [5.74, 6) is 1.75. The molecular formula is C12H18ClNO2. The first-order chi connectivity index (χ1) is 7.63. The molecule has 2 N–H and O–H groups in total. The van der Waals surface area contributed by atoms with Gasteiger partial charge >= 0.3 is 0 Å². The Morgan fingerprint density at radius 1 is 1.31 bits per heavy atom. The molecule has 0 aliphatic rings. The van der Waals surface area contributed by atoms with E-state index in [-0.39, 0.29) is 0 Å². The van der Waals surface area contributed by atoms with E-state index in [0.29, 0.717) is 23.2 Å². The largest absolute Gasteiger partial charge is 0.497 e. The fraction of sp³-hybridized carbons (Fsp3) is 0.500. The van der Waals surface area contributed by atoms with Crippen LogP contribution in [0.15, 0.2) is 12.1 Å². The molecule has 0 aromatic heterocycles. The molecule has 0 saturated carbocycles. The molecule has 0 radical (unpaired) electrons. The standard InChI is InChI=1S/C12H18ClNO2/c1-8(4-5-14)10-6-9(15-2)7-11(13)12(10)16-3/h6-8H,4-5,14H2,1-3H3. The van der Waals surface area contributed by atoms with Gasteiger partial charge in [0.2, 0.25) is 0 Å². The maximum atomic E-state index is 6.12.